The number of rotatable bonds is 1. The van der Waals surface area contributed by atoms with Gasteiger partial charge in [-0.2, -0.15) is 5.26 Å². The number of ether oxygens (including phenoxy) is 2. The Bertz CT molecular complexity index is 721. The molecule has 1 aromatic carbocycles. The van der Waals surface area contributed by atoms with Crippen LogP contribution in [0.3, 0.4) is 0 Å². The van der Waals surface area contributed by atoms with Gasteiger partial charge in [0.2, 0.25) is 0 Å². The Morgan fingerprint density at radius 3 is 2.61 bits per heavy atom. The molecule has 0 fully saturated rings. The average molecular weight is 316 g/mol. The van der Waals surface area contributed by atoms with Gasteiger partial charge in [0.05, 0.1) is 17.2 Å². The first-order valence-corrected chi connectivity index (χ1v) is 7.21. The van der Waals surface area contributed by atoms with Crippen molar-refractivity contribution in [1.82, 2.24) is 5.32 Å². The molecule has 0 saturated heterocycles. The number of amides is 1. The lowest BCUT2D eigenvalue weighted by Crippen LogP contribution is -2.44. The van der Waals surface area contributed by atoms with Crippen LogP contribution in [0.1, 0.15) is 45.7 Å². The molecule has 122 valence electrons. The molecule has 1 heterocycles. The quantitative estimate of drug-likeness (QED) is 0.827. The van der Waals surface area contributed by atoms with Crippen LogP contribution in [-0.4, -0.2) is 22.4 Å². The molecule has 0 spiro atoms. The maximum Gasteiger partial charge on any atom is 0.412 e. The van der Waals surface area contributed by atoms with Gasteiger partial charge in [0, 0.05) is 0 Å². The lowest BCUT2D eigenvalue weighted by atomic mass is 9.95. The van der Waals surface area contributed by atoms with Crippen molar-refractivity contribution in [3.05, 3.63) is 35.0 Å². The molecule has 0 bridgehead atoms. The Labute approximate surface area is 135 Å². The van der Waals surface area contributed by atoms with Gasteiger partial charge in [-0.25, -0.2) is 4.79 Å². The van der Waals surface area contributed by atoms with Crippen LogP contribution in [0.4, 0.5) is 4.79 Å². The van der Waals surface area contributed by atoms with E-state index in [0.717, 1.165) is 0 Å². The monoisotopic (exact) mass is 316 g/mol. The highest BCUT2D eigenvalue weighted by molar-refractivity contribution is 5.78. The van der Waals surface area contributed by atoms with Crippen molar-refractivity contribution in [3.63, 3.8) is 0 Å². The number of hydrogen-bond acceptors (Lipinski definition) is 5. The van der Waals surface area contributed by atoms with Gasteiger partial charge in [0.25, 0.3) is 0 Å². The topological polar surface area (TPSA) is 91.6 Å². The van der Waals surface area contributed by atoms with E-state index in [1.165, 1.54) is 6.07 Å². The number of nitrogens with one attached hydrogen (secondary N) is 1. The summed E-state index contributed by atoms with van der Waals surface area (Å²) in [5.41, 5.74) is -0.687. The van der Waals surface area contributed by atoms with Crippen molar-refractivity contribution in [2.75, 3.05) is 0 Å². The molecule has 0 unspecified atom stereocenters. The number of benzene rings is 1. The van der Waals surface area contributed by atoms with E-state index in [0.29, 0.717) is 16.9 Å². The second-order valence-corrected chi connectivity index (χ2v) is 6.79. The predicted molar refractivity (Wildman–Crippen MR) is 84.8 cm³/mol. The van der Waals surface area contributed by atoms with E-state index in [-0.39, 0.29) is 11.5 Å². The van der Waals surface area contributed by atoms with Crippen molar-refractivity contribution in [2.45, 2.75) is 45.8 Å². The van der Waals surface area contributed by atoms with E-state index in [4.69, 9.17) is 14.7 Å². The number of nitriles is 1. The van der Waals surface area contributed by atoms with Gasteiger partial charge in [0.1, 0.15) is 28.4 Å². The summed E-state index contributed by atoms with van der Waals surface area (Å²) in [6, 6.07) is 6.74. The summed E-state index contributed by atoms with van der Waals surface area (Å²) in [6.45, 7) is 8.68. The number of nitrogens with zero attached hydrogens (tertiary/aromatic N) is 1. The minimum atomic E-state index is -0.956. The van der Waals surface area contributed by atoms with Crippen LogP contribution in [0, 0.1) is 11.3 Å². The van der Waals surface area contributed by atoms with Crippen LogP contribution in [0.25, 0.3) is 5.76 Å². The standard InChI is InChI=1S/C17H20N2O4/c1-16(2,3)23-15(21)19-14-13(20)11-8-10(9-18)6-7-12(11)22-17(14,4)5/h6-8,20H,1-5H3,(H,19,21). The molecule has 1 aliphatic rings. The molecule has 0 radical (unpaired) electrons. The van der Waals surface area contributed by atoms with E-state index >= 15 is 0 Å². The van der Waals surface area contributed by atoms with E-state index in [1.807, 2.05) is 6.07 Å². The number of alkyl carbamates (subject to hydrolysis) is 1. The fraction of sp³-hybridized carbons (Fsp3) is 0.412. The van der Waals surface area contributed by atoms with Gasteiger partial charge in [-0.15, -0.1) is 0 Å². The smallest absolute Gasteiger partial charge is 0.412 e. The fourth-order valence-corrected chi connectivity index (χ4v) is 2.23. The summed E-state index contributed by atoms with van der Waals surface area (Å²) in [6.07, 6.45) is -0.685. The van der Waals surface area contributed by atoms with Gasteiger partial charge in [-0.05, 0) is 52.8 Å². The van der Waals surface area contributed by atoms with Gasteiger partial charge in [-0.3, -0.25) is 5.32 Å². The molecular formula is C17H20N2O4. The van der Waals surface area contributed by atoms with Crippen molar-refractivity contribution in [1.29, 1.82) is 5.26 Å². The van der Waals surface area contributed by atoms with E-state index in [1.54, 1.807) is 46.8 Å². The Morgan fingerprint density at radius 1 is 1.39 bits per heavy atom. The first-order valence-electron chi connectivity index (χ1n) is 7.21. The van der Waals surface area contributed by atoms with E-state index in [9.17, 15) is 9.90 Å². The first kappa shape index (κ1) is 16.7. The first-order chi connectivity index (χ1) is 10.5. The second kappa shape index (κ2) is 5.51. The number of carbonyl (C=O) groups excluding carboxylic acids is 1. The lowest BCUT2D eigenvalue weighted by Gasteiger charge is -2.35. The van der Waals surface area contributed by atoms with Crippen molar-refractivity contribution in [3.8, 4) is 11.8 Å². The molecular weight excluding hydrogens is 296 g/mol. The Hall–Kier alpha value is -2.68. The van der Waals surface area contributed by atoms with Gasteiger partial charge in [-0.1, -0.05) is 0 Å². The second-order valence-electron chi connectivity index (χ2n) is 6.79. The van der Waals surface area contributed by atoms with E-state index < -0.39 is 17.3 Å². The maximum absolute atomic E-state index is 12.0. The molecule has 2 N–H and O–H groups in total. The maximum atomic E-state index is 12.0. The molecule has 23 heavy (non-hydrogen) atoms. The molecule has 1 aliphatic heterocycles. The Kier molecular flexibility index (Phi) is 3.99. The zero-order chi connectivity index (χ0) is 17.4. The largest absolute Gasteiger partial charge is 0.505 e. The molecule has 2 rings (SSSR count). The van der Waals surface area contributed by atoms with Gasteiger partial charge in [0.15, 0.2) is 0 Å². The highest BCUT2D eigenvalue weighted by Gasteiger charge is 2.37. The molecule has 0 atom stereocenters. The van der Waals surface area contributed by atoms with Gasteiger partial charge >= 0.3 is 6.09 Å². The number of aliphatic hydroxyl groups is 1. The summed E-state index contributed by atoms with van der Waals surface area (Å²) in [5, 5.41) is 22.1. The SMILES string of the molecule is CC(C)(C)OC(=O)NC1=C(O)c2cc(C#N)ccc2OC1(C)C. The third-order valence-electron chi connectivity index (χ3n) is 3.19. The molecule has 1 aromatic rings. The van der Waals surface area contributed by atoms with Crippen LogP contribution >= 0.6 is 0 Å². The molecule has 0 aromatic heterocycles. The summed E-state index contributed by atoms with van der Waals surface area (Å²) >= 11 is 0. The van der Waals surface area contributed by atoms with Crippen molar-refractivity contribution >= 4 is 11.9 Å². The Morgan fingerprint density at radius 2 is 2.04 bits per heavy atom. The van der Waals surface area contributed by atoms with Crippen molar-refractivity contribution < 1.29 is 19.4 Å². The third kappa shape index (κ3) is 3.57. The lowest BCUT2D eigenvalue weighted by molar-refractivity contribution is 0.0498. The summed E-state index contributed by atoms with van der Waals surface area (Å²) < 4.78 is 11.0. The third-order valence-corrected chi connectivity index (χ3v) is 3.19. The molecule has 0 saturated carbocycles. The molecule has 0 aliphatic carbocycles. The average Bonchev–Trinajstić information content (AvgIpc) is 2.41. The van der Waals surface area contributed by atoms with Crippen LogP contribution < -0.4 is 10.1 Å². The fourth-order valence-electron chi connectivity index (χ4n) is 2.23. The summed E-state index contributed by atoms with van der Waals surface area (Å²) in [7, 11) is 0. The predicted octanol–water partition coefficient (Wildman–Crippen LogP) is 3.48. The zero-order valence-electron chi connectivity index (χ0n) is 13.9. The van der Waals surface area contributed by atoms with Crippen LogP contribution in [0.2, 0.25) is 0 Å². The highest BCUT2D eigenvalue weighted by Crippen LogP contribution is 2.39. The summed E-state index contributed by atoms with van der Waals surface area (Å²) in [5.74, 6) is 0.306. The zero-order valence-corrected chi connectivity index (χ0v) is 13.9. The molecule has 6 nitrogen and oxygen atoms in total. The minimum Gasteiger partial charge on any atom is -0.505 e. The van der Waals surface area contributed by atoms with Crippen LogP contribution in [-0.2, 0) is 4.74 Å². The van der Waals surface area contributed by atoms with Crippen LogP contribution in [0.15, 0.2) is 23.9 Å². The number of carbonyl (C=O) groups is 1. The Balaban J connectivity index is 2.42. The minimum absolute atomic E-state index is 0.140. The van der Waals surface area contributed by atoms with E-state index in [2.05, 4.69) is 5.32 Å². The van der Waals surface area contributed by atoms with Crippen LogP contribution in [0.5, 0.6) is 5.75 Å². The highest BCUT2D eigenvalue weighted by atomic mass is 16.6. The molecule has 6 heteroatoms. The molecule has 1 amide bonds. The summed E-state index contributed by atoms with van der Waals surface area (Å²) in [4.78, 5) is 12.0. The number of fused-ring (bicyclic) bond motifs is 1. The number of aliphatic hydroxyl groups excluding tert-OH is 1. The van der Waals surface area contributed by atoms with Gasteiger partial charge < -0.3 is 14.6 Å². The van der Waals surface area contributed by atoms with Crippen molar-refractivity contribution in [2.24, 2.45) is 0 Å². The number of hydrogen-bond donors (Lipinski definition) is 2. The normalized spacial score (nSPS) is 16.0.